The van der Waals surface area contributed by atoms with Crippen molar-refractivity contribution in [2.75, 3.05) is 26.9 Å². The third kappa shape index (κ3) is 31.7. The Balaban J connectivity index is 0. The highest BCUT2D eigenvalue weighted by atomic mass is 32.3. The zero-order valence-corrected chi connectivity index (χ0v) is 21.5. The van der Waals surface area contributed by atoms with Gasteiger partial charge in [0.25, 0.3) is 0 Å². The first-order chi connectivity index (χ1) is 15.4. The smallest absolute Gasteiger partial charge is 0.217 e. The lowest BCUT2D eigenvalue weighted by molar-refractivity contribution is -0.691. The summed E-state index contributed by atoms with van der Waals surface area (Å²) in [6.45, 7) is 3.87. The molecule has 0 aromatic carbocycles. The van der Waals surface area contributed by atoms with Crippen molar-refractivity contribution in [1.82, 2.24) is 0 Å². The molecule has 0 unspecified atom stereocenters. The molecule has 0 rings (SSSR count). The van der Waals surface area contributed by atoms with Crippen LogP contribution in [-0.2, 0) is 14.6 Å². The molecule has 7 nitrogen and oxygen atoms in total. The van der Waals surface area contributed by atoms with Gasteiger partial charge >= 0.3 is 0 Å². The van der Waals surface area contributed by atoms with E-state index >= 15 is 0 Å². The quantitative estimate of drug-likeness (QED) is 0.0935. The molecule has 4 N–H and O–H groups in total. The number of aliphatic hydroxyl groups is 2. The van der Waals surface area contributed by atoms with Crippen molar-refractivity contribution in [3.63, 3.8) is 0 Å². The van der Waals surface area contributed by atoms with Gasteiger partial charge in [-0.3, -0.25) is 4.18 Å². The molecule has 0 amide bonds. The zero-order valence-electron chi connectivity index (χ0n) is 20.7. The molecule has 0 aliphatic rings. The molecule has 194 valence electrons. The molecule has 0 atom stereocenters. The maximum atomic E-state index is 9.22. The number of hydrogen-bond acceptors (Lipinski definition) is 6. The fourth-order valence-corrected chi connectivity index (χ4v) is 3.46. The Morgan fingerprint density at radius 3 is 1.62 bits per heavy atom. The molecule has 0 aliphatic carbocycles. The van der Waals surface area contributed by atoms with Gasteiger partial charge in [-0.05, 0) is 38.5 Å². The van der Waals surface area contributed by atoms with Crippen LogP contribution >= 0.6 is 0 Å². The third-order valence-electron chi connectivity index (χ3n) is 5.42. The molecule has 0 aromatic heterocycles. The third-order valence-corrected chi connectivity index (χ3v) is 5.83. The summed E-state index contributed by atoms with van der Waals surface area (Å²) in [6.07, 6.45) is 25.3. The summed E-state index contributed by atoms with van der Waals surface area (Å²) in [5.41, 5.74) is 0. The van der Waals surface area contributed by atoms with Crippen LogP contribution in [-0.4, -0.2) is 56.1 Å². The number of nitrogens with two attached hydrogens (primary N) is 1. The molecule has 0 spiro atoms. The minimum Gasteiger partial charge on any atom is -0.726 e. The van der Waals surface area contributed by atoms with Gasteiger partial charge in [-0.2, -0.15) is 0 Å². The summed E-state index contributed by atoms with van der Waals surface area (Å²) < 4.78 is 31.0. The second kappa shape index (κ2) is 26.7. The van der Waals surface area contributed by atoms with Crippen LogP contribution in [0.1, 0.15) is 110 Å². The number of aliphatic hydroxyl groups excluding tert-OH is 2. The molecule has 0 heterocycles. The minimum atomic E-state index is -4.41. The maximum absolute atomic E-state index is 9.22. The average Bonchev–Trinajstić information content (AvgIpc) is 2.76. The molecule has 0 saturated carbocycles. The average molecular weight is 482 g/mol. The Bertz CT molecular complexity index is 479. The van der Waals surface area contributed by atoms with Gasteiger partial charge in [-0.15, -0.1) is 0 Å². The monoisotopic (exact) mass is 481 g/mol. The molecule has 0 saturated heterocycles. The molecule has 0 fully saturated rings. The second-order valence-electron chi connectivity index (χ2n) is 8.32. The second-order valence-corrected chi connectivity index (χ2v) is 9.47. The number of unbranched alkanes of at least 4 members (excludes halogenated alkanes) is 12. The van der Waals surface area contributed by atoms with E-state index in [0.717, 1.165) is 26.5 Å². The van der Waals surface area contributed by atoms with Crippen molar-refractivity contribution >= 4 is 10.4 Å². The summed E-state index contributed by atoms with van der Waals surface area (Å²) in [5.74, 6) is 0. The van der Waals surface area contributed by atoms with E-state index in [-0.39, 0.29) is 13.2 Å². The molecular formula is C24H51NO6S. The molecule has 8 heteroatoms. The van der Waals surface area contributed by atoms with Crippen molar-refractivity contribution in [1.29, 1.82) is 0 Å². The van der Waals surface area contributed by atoms with Crippen LogP contribution in [0.4, 0.5) is 0 Å². The molecule has 0 radical (unpaired) electrons. The van der Waals surface area contributed by atoms with E-state index < -0.39 is 10.4 Å². The lowest BCUT2D eigenvalue weighted by Crippen LogP contribution is -2.90. The normalized spacial score (nSPS) is 11.8. The number of rotatable bonds is 22. The largest absolute Gasteiger partial charge is 0.726 e. The van der Waals surface area contributed by atoms with Crippen LogP contribution in [0.3, 0.4) is 0 Å². The van der Waals surface area contributed by atoms with Crippen LogP contribution in [0.5, 0.6) is 0 Å². The van der Waals surface area contributed by atoms with Gasteiger partial charge in [-0.25, -0.2) is 8.42 Å². The van der Waals surface area contributed by atoms with Crippen molar-refractivity contribution in [2.24, 2.45) is 0 Å². The Hall–Kier alpha value is -0.510. The van der Waals surface area contributed by atoms with Crippen LogP contribution < -0.4 is 5.32 Å². The van der Waals surface area contributed by atoms with Gasteiger partial charge in [0.2, 0.25) is 10.4 Å². The summed E-state index contributed by atoms with van der Waals surface area (Å²) in [7, 11) is -3.60. The highest BCUT2D eigenvalue weighted by Crippen LogP contribution is 2.09. The van der Waals surface area contributed by atoms with Gasteiger partial charge in [0.15, 0.2) is 0 Å². The topological polar surface area (TPSA) is 124 Å². The Kier molecular flexibility index (Phi) is 28.1. The summed E-state index contributed by atoms with van der Waals surface area (Å²) in [5, 5.41) is 20.3. The molecule has 0 aliphatic heterocycles. The predicted molar refractivity (Wildman–Crippen MR) is 130 cm³/mol. The Labute approximate surface area is 198 Å². The van der Waals surface area contributed by atoms with Crippen molar-refractivity contribution in [2.45, 2.75) is 116 Å². The number of allylic oxidation sites excluding steroid dienone is 2. The SMILES string of the molecule is CCCCCCCCC=CCCCCCCCC[NH2+]C(CCO)CCO.COS(=O)(=O)[O-]. The van der Waals surface area contributed by atoms with Gasteiger partial charge in [0, 0.05) is 26.1 Å². The highest BCUT2D eigenvalue weighted by Gasteiger charge is 2.09. The van der Waals surface area contributed by atoms with Gasteiger partial charge < -0.3 is 20.1 Å². The molecule has 32 heavy (non-hydrogen) atoms. The van der Waals surface area contributed by atoms with Crippen LogP contribution in [0.15, 0.2) is 12.2 Å². The lowest BCUT2D eigenvalue weighted by Gasteiger charge is -2.13. The predicted octanol–water partition coefficient (Wildman–Crippen LogP) is 3.81. The Morgan fingerprint density at radius 2 is 1.22 bits per heavy atom. The van der Waals surface area contributed by atoms with E-state index in [1.807, 2.05) is 0 Å². The van der Waals surface area contributed by atoms with E-state index in [1.165, 1.54) is 89.9 Å². The maximum Gasteiger partial charge on any atom is 0.217 e. The van der Waals surface area contributed by atoms with Crippen molar-refractivity contribution in [3.05, 3.63) is 12.2 Å². The van der Waals surface area contributed by atoms with Gasteiger partial charge in [-0.1, -0.05) is 70.4 Å². The highest BCUT2D eigenvalue weighted by molar-refractivity contribution is 7.80. The lowest BCUT2D eigenvalue weighted by atomic mass is 10.1. The van der Waals surface area contributed by atoms with E-state index in [9.17, 15) is 13.0 Å². The molecule has 0 aromatic rings. The fraction of sp³-hybridized carbons (Fsp3) is 0.917. The van der Waals surface area contributed by atoms with E-state index in [2.05, 4.69) is 28.6 Å². The van der Waals surface area contributed by atoms with Gasteiger partial charge in [0.05, 0.1) is 19.7 Å². The summed E-state index contributed by atoms with van der Waals surface area (Å²) in [4.78, 5) is 0. The first kappa shape index (κ1) is 33.7. The van der Waals surface area contributed by atoms with Crippen LogP contribution in [0.2, 0.25) is 0 Å². The summed E-state index contributed by atoms with van der Waals surface area (Å²) >= 11 is 0. The molecule has 0 bridgehead atoms. The molecular weight excluding hydrogens is 430 g/mol. The first-order valence-corrected chi connectivity index (χ1v) is 14.0. The van der Waals surface area contributed by atoms with Gasteiger partial charge in [0.1, 0.15) is 0 Å². The van der Waals surface area contributed by atoms with Crippen molar-refractivity contribution in [3.8, 4) is 0 Å². The standard InChI is InChI=1S/C23H47NO2.CH4O4S/c1-2-3-4-5-6-7-8-9-10-11-12-13-14-15-16-17-20-24-23(18-21-25)19-22-26;1-5-6(2,3)4/h9-10,23-26H,2-8,11-22H2,1H3;1H3,(H,2,3,4). The Morgan fingerprint density at radius 1 is 0.812 bits per heavy atom. The summed E-state index contributed by atoms with van der Waals surface area (Å²) in [6, 6.07) is 0.396. The van der Waals surface area contributed by atoms with Crippen LogP contribution in [0.25, 0.3) is 0 Å². The fourth-order valence-electron chi connectivity index (χ4n) is 3.46. The number of hydrogen-bond donors (Lipinski definition) is 3. The van der Waals surface area contributed by atoms with E-state index in [0.29, 0.717) is 6.04 Å². The van der Waals surface area contributed by atoms with E-state index in [1.54, 1.807) is 0 Å². The zero-order chi connectivity index (χ0) is 24.3. The minimum absolute atomic E-state index is 0.231. The first-order valence-electron chi connectivity index (χ1n) is 12.6. The van der Waals surface area contributed by atoms with Crippen molar-refractivity contribution < 1.29 is 32.7 Å². The van der Waals surface area contributed by atoms with E-state index in [4.69, 9.17) is 10.2 Å². The van der Waals surface area contributed by atoms with Crippen LogP contribution in [0, 0.1) is 0 Å². The number of quaternary nitrogens is 1.